The molecule has 8 nitrogen and oxygen atoms in total. The Bertz CT molecular complexity index is 631. The van der Waals surface area contributed by atoms with Gasteiger partial charge in [-0.25, -0.2) is 15.2 Å². The lowest BCUT2D eigenvalue weighted by molar-refractivity contribution is -0.523. The molecule has 0 bridgehead atoms. The summed E-state index contributed by atoms with van der Waals surface area (Å²) in [6.07, 6.45) is 0. The summed E-state index contributed by atoms with van der Waals surface area (Å²) in [4.78, 5) is 22.5. The molecule has 0 saturated carbocycles. The molecule has 1 aromatic carbocycles. The SMILES string of the molecule is CC1NNC(C(=O)NCc2c(F)cccc2OC(F)F)C1[N+](=O)[O-]. The molecule has 0 aromatic heterocycles. The van der Waals surface area contributed by atoms with Crippen LogP contribution in [0.3, 0.4) is 0 Å². The minimum absolute atomic E-state index is 0.275. The Labute approximate surface area is 134 Å². The molecule has 3 N–H and O–H groups in total. The molecule has 11 heteroatoms. The standard InChI is InChI=1S/C13H15F3N4O4/c1-6-11(20(22)23)10(19-18-6)12(21)17-5-7-8(14)3-2-4-9(7)24-13(15)16/h2-4,6,10-11,13,18-19H,5H2,1H3,(H,17,21). The Hall–Kier alpha value is -2.40. The summed E-state index contributed by atoms with van der Waals surface area (Å²) < 4.78 is 42.7. The third-order valence-electron chi connectivity index (χ3n) is 3.58. The summed E-state index contributed by atoms with van der Waals surface area (Å²) in [7, 11) is 0. The van der Waals surface area contributed by atoms with Crippen LogP contribution in [0.5, 0.6) is 5.75 Å². The van der Waals surface area contributed by atoms with Crippen molar-refractivity contribution in [1.29, 1.82) is 0 Å². The second kappa shape index (κ2) is 7.45. The van der Waals surface area contributed by atoms with E-state index in [1.807, 2.05) is 0 Å². The van der Waals surface area contributed by atoms with E-state index in [1.54, 1.807) is 0 Å². The first-order valence-electron chi connectivity index (χ1n) is 6.95. The number of rotatable bonds is 6. The lowest BCUT2D eigenvalue weighted by atomic mass is 10.0. The number of amides is 1. The number of carbonyl (C=O) groups excluding carboxylic acids is 1. The fourth-order valence-corrected chi connectivity index (χ4v) is 2.41. The van der Waals surface area contributed by atoms with Crippen molar-refractivity contribution in [2.75, 3.05) is 0 Å². The molecule has 2 rings (SSSR count). The van der Waals surface area contributed by atoms with Crippen LogP contribution in [0.15, 0.2) is 18.2 Å². The summed E-state index contributed by atoms with van der Waals surface area (Å²) >= 11 is 0. The second-order valence-electron chi connectivity index (χ2n) is 5.14. The van der Waals surface area contributed by atoms with E-state index < -0.39 is 53.7 Å². The van der Waals surface area contributed by atoms with Crippen molar-refractivity contribution in [2.24, 2.45) is 0 Å². The van der Waals surface area contributed by atoms with E-state index in [4.69, 9.17) is 0 Å². The number of nitrogens with one attached hydrogen (secondary N) is 3. The van der Waals surface area contributed by atoms with Crippen LogP contribution in [-0.4, -0.2) is 35.6 Å². The summed E-state index contributed by atoms with van der Waals surface area (Å²) in [5.74, 6) is -2.02. The van der Waals surface area contributed by atoms with Gasteiger partial charge in [0, 0.05) is 17.0 Å². The Morgan fingerprint density at radius 1 is 1.46 bits per heavy atom. The highest BCUT2D eigenvalue weighted by molar-refractivity contribution is 5.82. The number of hydrogen-bond acceptors (Lipinski definition) is 6. The molecule has 1 heterocycles. The highest BCUT2D eigenvalue weighted by Gasteiger charge is 2.46. The molecule has 132 valence electrons. The highest BCUT2D eigenvalue weighted by atomic mass is 19.3. The number of ether oxygens (including phenoxy) is 1. The molecule has 0 spiro atoms. The molecule has 1 aromatic rings. The number of benzene rings is 1. The number of carbonyl (C=O) groups is 1. The highest BCUT2D eigenvalue weighted by Crippen LogP contribution is 2.23. The molecular weight excluding hydrogens is 333 g/mol. The predicted octanol–water partition coefficient (Wildman–Crippen LogP) is 0.553. The molecule has 1 amide bonds. The van der Waals surface area contributed by atoms with Crippen molar-refractivity contribution in [1.82, 2.24) is 16.2 Å². The molecule has 3 unspecified atom stereocenters. The molecular formula is C13H15F3N4O4. The third kappa shape index (κ3) is 3.92. The van der Waals surface area contributed by atoms with E-state index in [9.17, 15) is 28.1 Å². The molecule has 1 aliphatic rings. The average molecular weight is 348 g/mol. The normalized spacial score (nSPS) is 23.3. The van der Waals surface area contributed by atoms with E-state index in [0.717, 1.165) is 12.1 Å². The van der Waals surface area contributed by atoms with Gasteiger partial charge in [-0.15, -0.1) is 0 Å². The van der Waals surface area contributed by atoms with Gasteiger partial charge in [0.15, 0.2) is 6.04 Å². The summed E-state index contributed by atoms with van der Waals surface area (Å²) in [6.45, 7) is -2.08. The van der Waals surface area contributed by atoms with Crippen LogP contribution in [0.2, 0.25) is 0 Å². The van der Waals surface area contributed by atoms with Crippen LogP contribution in [0.1, 0.15) is 12.5 Å². The molecule has 0 radical (unpaired) electrons. The Morgan fingerprint density at radius 3 is 2.79 bits per heavy atom. The van der Waals surface area contributed by atoms with Gasteiger partial charge in [0.2, 0.25) is 5.91 Å². The second-order valence-corrected chi connectivity index (χ2v) is 5.14. The lowest BCUT2D eigenvalue weighted by Gasteiger charge is -2.15. The smallest absolute Gasteiger partial charge is 0.387 e. The largest absolute Gasteiger partial charge is 0.434 e. The molecule has 1 aliphatic heterocycles. The first-order chi connectivity index (χ1) is 11.3. The van der Waals surface area contributed by atoms with Gasteiger partial charge < -0.3 is 10.1 Å². The molecule has 24 heavy (non-hydrogen) atoms. The van der Waals surface area contributed by atoms with Gasteiger partial charge in [-0.1, -0.05) is 6.07 Å². The fraction of sp³-hybridized carbons (Fsp3) is 0.462. The zero-order valence-corrected chi connectivity index (χ0v) is 12.5. The van der Waals surface area contributed by atoms with Crippen molar-refractivity contribution in [3.63, 3.8) is 0 Å². The zero-order chi connectivity index (χ0) is 17.9. The maximum atomic E-state index is 13.8. The van der Waals surface area contributed by atoms with Crippen molar-refractivity contribution in [3.05, 3.63) is 39.7 Å². The van der Waals surface area contributed by atoms with Crippen molar-refractivity contribution in [2.45, 2.75) is 38.2 Å². The van der Waals surface area contributed by atoms with Gasteiger partial charge in [0.25, 0.3) is 6.04 Å². The Balaban J connectivity index is 2.08. The third-order valence-corrected chi connectivity index (χ3v) is 3.58. The summed E-state index contributed by atoms with van der Waals surface area (Å²) in [5, 5.41) is 13.3. The first-order valence-corrected chi connectivity index (χ1v) is 6.95. The van der Waals surface area contributed by atoms with E-state index >= 15 is 0 Å². The van der Waals surface area contributed by atoms with Crippen molar-refractivity contribution in [3.8, 4) is 5.75 Å². The number of alkyl halides is 2. The predicted molar refractivity (Wildman–Crippen MR) is 75.2 cm³/mol. The number of hydrazine groups is 1. The number of halogens is 3. The molecule has 0 aliphatic carbocycles. The van der Waals surface area contributed by atoms with Crippen LogP contribution >= 0.6 is 0 Å². The van der Waals surface area contributed by atoms with Crippen LogP contribution in [-0.2, 0) is 11.3 Å². The molecule has 3 atom stereocenters. The van der Waals surface area contributed by atoms with Crippen LogP contribution in [0.4, 0.5) is 13.2 Å². The fourth-order valence-electron chi connectivity index (χ4n) is 2.41. The van der Waals surface area contributed by atoms with Crippen molar-refractivity contribution >= 4 is 5.91 Å². The summed E-state index contributed by atoms with van der Waals surface area (Å²) in [5.41, 5.74) is 4.79. The maximum Gasteiger partial charge on any atom is 0.387 e. The maximum absolute atomic E-state index is 13.8. The minimum atomic E-state index is -3.15. The van der Waals surface area contributed by atoms with E-state index in [1.165, 1.54) is 13.0 Å². The van der Waals surface area contributed by atoms with E-state index in [0.29, 0.717) is 0 Å². The first kappa shape index (κ1) is 17.9. The van der Waals surface area contributed by atoms with Crippen LogP contribution in [0.25, 0.3) is 0 Å². The Morgan fingerprint density at radius 2 is 2.17 bits per heavy atom. The van der Waals surface area contributed by atoms with Gasteiger partial charge >= 0.3 is 6.61 Å². The average Bonchev–Trinajstić information content (AvgIpc) is 2.87. The Kier molecular flexibility index (Phi) is 5.57. The minimum Gasteiger partial charge on any atom is -0.434 e. The summed E-state index contributed by atoms with van der Waals surface area (Å²) in [6, 6.07) is 0.349. The zero-order valence-electron chi connectivity index (χ0n) is 12.5. The van der Waals surface area contributed by atoms with Gasteiger partial charge in [0.1, 0.15) is 11.6 Å². The molecule has 1 fully saturated rings. The van der Waals surface area contributed by atoms with Crippen LogP contribution < -0.4 is 20.9 Å². The molecule has 1 saturated heterocycles. The topological polar surface area (TPSA) is 106 Å². The van der Waals surface area contributed by atoms with Gasteiger partial charge in [-0.3, -0.25) is 14.9 Å². The quantitative estimate of drug-likeness (QED) is 0.512. The number of nitrogens with zero attached hydrogens (tertiary/aromatic N) is 1. The van der Waals surface area contributed by atoms with Gasteiger partial charge in [-0.2, -0.15) is 8.78 Å². The van der Waals surface area contributed by atoms with Gasteiger partial charge in [0.05, 0.1) is 6.04 Å². The number of nitro groups is 1. The van der Waals surface area contributed by atoms with E-state index in [-0.39, 0.29) is 5.56 Å². The van der Waals surface area contributed by atoms with Crippen molar-refractivity contribution < 1.29 is 27.6 Å². The van der Waals surface area contributed by atoms with Gasteiger partial charge in [-0.05, 0) is 19.1 Å². The lowest BCUT2D eigenvalue weighted by Crippen LogP contribution is -2.49. The number of hydrogen-bond donors (Lipinski definition) is 3. The monoisotopic (exact) mass is 348 g/mol. The van der Waals surface area contributed by atoms with Crippen LogP contribution in [0, 0.1) is 15.9 Å². The van der Waals surface area contributed by atoms with E-state index in [2.05, 4.69) is 20.9 Å².